The molecule has 0 amide bonds. The molecule has 114 valence electrons. The largest absolute Gasteiger partial charge is 0.482 e. The van der Waals surface area contributed by atoms with Crippen molar-refractivity contribution < 1.29 is 4.74 Å². The zero-order chi connectivity index (χ0) is 15.7. The fourth-order valence-corrected chi connectivity index (χ4v) is 3.06. The van der Waals surface area contributed by atoms with E-state index in [-0.39, 0.29) is 5.60 Å². The van der Waals surface area contributed by atoms with Crippen molar-refractivity contribution in [3.8, 4) is 5.75 Å². The summed E-state index contributed by atoms with van der Waals surface area (Å²) in [4.78, 5) is 0. The third-order valence-corrected chi connectivity index (χ3v) is 4.80. The molecule has 0 atom stereocenters. The van der Waals surface area contributed by atoms with Crippen LogP contribution in [0.4, 0.5) is 5.69 Å². The summed E-state index contributed by atoms with van der Waals surface area (Å²) in [6.07, 6.45) is 4.23. The molecule has 0 bridgehead atoms. The second-order valence-electron chi connectivity index (χ2n) is 6.16. The number of rotatable bonds is 3. The van der Waals surface area contributed by atoms with Gasteiger partial charge in [-0.15, -0.1) is 0 Å². The molecule has 3 heteroatoms. The summed E-state index contributed by atoms with van der Waals surface area (Å²) in [7, 11) is 0. The molecule has 1 aliphatic heterocycles. The second-order valence-corrected chi connectivity index (χ2v) is 6.95. The van der Waals surface area contributed by atoms with Crippen LogP contribution < -0.4 is 10.1 Å². The van der Waals surface area contributed by atoms with Gasteiger partial charge >= 0.3 is 0 Å². The fraction of sp³-hybridized carbons (Fsp3) is 0.263. The Kier molecular flexibility index (Phi) is 4.00. The number of halogens is 1. The molecule has 2 aromatic carbocycles. The predicted octanol–water partition coefficient (Wildman–Crippen LogP) is 5.55. The maximum absolute atomic E-state index is 6.09. The minimum absolute atomic E-state index is 0.263. The first kappa shape index (κ1) is 15.2. The van der Waals surface area contributed by atoms with Crippen molar-refractivity contribution >= 4 is 27.7 Å². The van der Waals surface area contributed by atoms with Crippen LogP contribution >= 0.6 is 15.9 Å². The van der Waals surface area contributed by atoms with Gasteiger partial charge in [0.2, 0.25) is 0 Å². The van der Waals surface area contributed by atoms with Gasteiger partial charge in [-0.25, -0.2) is 0 Å². The molecule has 0 radical (unpaired) electrons. The van der Waals surface area contributed by atoms with Crippen molar-refractivity contribution in [1.29, 1.82) is 0 Å². The van der Waals surface area contributed by atoms with Crippen LogP contribution in [0.1, 0.15) is 30.5 Å². The number of anilines is 1. The van der Waals surface area contributed by atoms with E-state index < -0.39 is 0 Å². The lowest BCUT2D eigenvalue weighted by molar-refractivity contribution is 0.157. The molecule has 3 rings (SSSR count). The lowest BCUT2D eigenvalue weighted by Crippen LogP contribution is -2.27. The Morgan fingerprint density at radius 1 is 1.18 bits per heavy atom. The van der Waals surface area contributed by atoms with E-state index in [9.17, 15) is 0 Å². The first-order valence-electron chi connectivity index (χ1n) is 7.45. The summed E-state index contributed by atoms with van der Waals surface area (Å²) in [5, 5.41) is 3.52. The van der Waals surface area contributed by atoms with Crippen LogP contribution in [0.25, 0.3) is 6.08 Å². The molecular weight excluding hydrogens is 338 g/mol. The molecule has 1 heterocycles. The van der Waals surface area contributed by atoms with Gasteiger partial charge in [0.15, 0.2) is 0 Å². The molecule has 1 N–H and O–H groups in total. The fourth-order valence-electron chi connectivity index (χ4n) is 2.54. The molecule has 0 saturated heterocycles. The van der Waals surface area contributed by atoms with Crippen molar-refractivity contribution in [2.75, 3.05) is 5.32 Å². The molecule has 1 aliphatic rings. The van der Waals surface area contributed by atoms with Crippen LogP contribution in [-0.4, -0.2) is 5.60 Å². The first-order chi connectivity index (χ1) is 10.5. The van der Waals surface area contributed by atoms with Gasteiger partial charge in [0.25, 0.3) is 0 Å². The van der Waals surface area contributed by atoms with Gasteiger partial charge in [0, 0.05) is 17.8 Å². The van der Waals surface area contributed by atoms with Gasteiger partial charge in [0.05, 0.1) is 4.47 Å². The van der Waals surface area contributed by atoms with E-state index in [1.165, 1.54) is 11.1 Å². The predicted molar refractivity (Wildman–Crippen MR) is 96.4 cm³/mol. The van der Waals surface area contributed by atoms with Crippen LogP contribution in [0.2, 0.25) is 0 Å². The molecule has 2 nitrogen and oxygen atoms in total. The number of ether oxygens (including phenoxy) is 1. The molecule has 0 fully saturated rings. The number of hydrogen-bond acceptors (Lipinski definition) is 2. The molecular formula is C19H20BrNO. The summed E-state index contributed by atoms with van der Waals surface area (Å²) in [6, 6.07) is 12.6. The van der Waals surface area contributed by atoms with Gasteiger partial charge in [-0.2, -0.15) is 0 Å². The molecule has 22 heavy (non-hydrogen) atoms. The Morgan fingerprint density at radius 3 is 2.64 bits per heavy atom. The quantitative estimate of drug-likeness (QED) is 0.776. The SMILES string of the molecule is Cc1c(NCc2ccccc2)cc2c(c1Br)OC(C)(C)C=C2. The van der Waals surface area contributed by atoms with Crippen molar-refractivity contribution in [2.24, 2.45) is 0 Å². The van der Waals surface area contributed by atoms with E-state index in [0.29, 0.717) is 0 Å². The Hall–Kier alpha value is -1.74. The van der Waals surface area contributed by atoms with E-state index >= 15 is 0 Å². The molecule has 0 aromatic heterocycles. The summed E-state index contributed by atoms with van der Waals surface area (Å²) >= 11 is 3.70. The molecule has 2 aromatic rings. The molecule has 0 unspecified atom stereocenters. The highest BCUT2D eigenvalue weighted by Crippen LogP contribution is 2.42. The third-order valence-electron chi connectivity index (χ3n) is 3.85. The van der Waals surface area contributed by atoms with Gasteiger partial charge in [-0.3, -0.25) is 0 Å². The average molecular weight is 358 g/mol. The van der Waals surface area contributed by atoms with Crippen LogP contribution in [0.3, 0.4) is 0 Å². The van der Waals surface area contributed by atoms with Gasteiger partial charge in [0.1, 0.15) is 11.4 Å². The highest BCUT2D eigenvalue weighted by molar-refractivity contribution is 9.10. The van der Waals surface area contributed by atoms with E-state index in [2.05, 4.69) is 84.5 Å². The maximum atomic E-state index is 6.09. The van der Waals surface area contributed by atoms with Gasteiger partial charge in [-0.05, 0) is 60.0 Å². The number of hydrogen-bond donors (Lipinski definition) is 1. The lowest BCUT2D eigenvalue weighted by atomic mass is 10.00. The lowest BCUT2D eigenvalue weighted by Gasteiger charge is -2.30. The molecule has 0 saturated carbocycles. The average Bonchev–Trinajstić information content (AvgIpc) is 2.51. The summed E-state index contributed by atoms with van der Waals surface area (Å²) in [5.74, 6) is 0.926. The van der Waals surface area contributed by atoms with E-state index in [0.717, 1.165) is 28.0 Å². The highest BCUT2D eigenvalue weighted by Gasteiger charge is 2.25. The minimum Gasteiger partial charge on any atom is -0.482 e. The standard InChI is InChI=1S/C19H20BrNO/c1-13-16(21-12-14-7-5-4-6-8-14)11-15-9-10-19(2,3)22-18(15)17(13)20/h4-11,21H,12H2,1-3H3. The number of benzene rings is 2. The van der Waals surface area contributed by atoms with Crippen LogP contribution in [0.5, 0.6) is 5.75 Å². The van der Waals surface area contributed by atoms with Crippen LogP contribution in [0, 0.1) is 6.92 Å². The van der Waals surface area contributed by atoms with E-state index in [4.69, 9.17) is 4.74 Å². The molecule has 0 aliphatic carbocycles. The maximum Gasteiger partial charge on any atom is 0.142 e. The third kappa shape index (κ3) is 3.05. The van der Waals surface area contributed by atoms with Crippen LogP contribution in [0.15, 0.2) is 46.9 Å². The second kappa shape index (κ2) is 5.81. The first-order valence-corrected chi connectivity index (χ1v) is 8.25. The van der Waals surface area contributed by atoms with Crippen LogP contribution in [-0.2, 0) is 6.54 Å². The number of fused-ring (bicyclic) bond motifs is 1. The van der Waals surface area contributed by atoms with Crippen molar-refractivity contribution in [2.45, 2.75) is 32.9 Å². The Morgan fingerprint density at radius 2 is 1.91 bits per heavy atom. The van der Waals surface area contributed by atoms with Gasteiger partial charge in [-0.1, -0.05) is 36.4 Å². The van der Waals surface area contributed by atoms with E-state index in [1.807, 2.05) is 6.07 Å². The summed E-state index contributed by atoms with van der Waals surface area (Å²) in [6.45, 7) is 7.04. The van der Waals surface area contributed by atoms with Crippen molar-refractivity contribution in [1.82, 2.24) is 0 Å². The number of nitrogens with one attached hydrogen (secondary N) is 1. The van der Waals surface area contributed by atoms with Crippen molar-refractivity contribution in [3.63, 3.8) is 0 Å². The monoisotopic (exact) mass is 357 g/mol. The Balaban J connectivity index is 1.89. The minimum atomic E-state index is -0.263. The zero-order valence-electron chi connectivity index (χ0n) is 13.1. The molecule has 0 spiro atoms. The van der Waals surface area contributed by atoms with E-state index in [1.54, 1.807) is 0 Å². The Labute approximate surface area is 140 Å². The van der Waals surface area contributed by atoms with Gasteiger partial charge < -0.3 is 10.1 Å². The highest BCUT2D eigenvalue weighted by atomic mass is 79.9. The summed E-state index contributed by atoms with van der Waals surface area (Å²) < 4.78 is 7.11. The zero-order valence-corrected chi connectivity index (χ0v) is 14.7. The summed E-state index contributed by atoms with van der Waals surface area (Å²) in [5.41, 5.74) is 4.40. The Bertz CT molecular complexity index is 720. The van der Waals surface area contributed by atoms with Crippen molar-refractivity contribution in [3.05, 3.63) is 63.6 Å². The smallest absolute Gasteiger partial charge is 0.142 e. The normalized spacial score (nSPS) is 15.1. The topological polar surface area (TPSA) is 21.3 Å².